The van der Waals surface area contributed by atoms with Crippen LogP contribution in [-0.2, 0) is 22.6 Å². The molecule has 5 nitrogen and oxygen atoms in total. The Hall–Kier alpha value is -2.83. The molecule has 35 heavy (non-hydrogen) atoms. The molecule has 0 aliphatic carbocycles. The first-order valence-electron chi connectivity index (χ1n) is 11.7. The minimum atomic E-state index is -0.699. The highest BCUT2D eigenvalue weighted by Gasteiger charge is 2.30. The van der Waals surface area contributed by atoms with Crippen molar-refractivity contribution in [1.29, 1.82) is 0 Å². The molecule has 0 saturated carbocycles. The first-order valence-corrected chi connectivity index (χ1v) is 12.9. The Morgan fingerprint density at radius 3 is 2.43 bits per heavy atom. The lowest BCUT2D eigenvalue weighted by Gasteiger charge is -2.31. The van der Waals surface area contributed by atoms with Gasteiger partial charge in [0.1, 0.15) is 11.8 Å². The highest BCUT2D eigenvalue weighted by Crippen LogP contribution is 2.24. The Morgan fingerprint density at radius 1 is 1.00 bits per heavy atom. The molecule has 0 saturated heterocycles. The van der Waals surface area contributed by atoms with Crippen LogP contribution in [0.2, 0.25) is 5.02 Å². The second-order valence-electron chi connectivity index (χ2n) is 8.22. The lowest BCUT2D eigenvalue weighted by atomic mass is 10.0. The summed E-state index contributed by atoms with van der Waals surface area (Å²) in [6, 6.07) is 23.8. The second kappa shape index (κ2) is 13.9. The number of para-hydroxylation sites is 1. The number of unbranched alkanes of at least 4 members (excludes halogenated alkanes) is 1. The van der Waals surface area contributed by atoms with E-state index in [0.717, 1.165) is 28.4 Å². The van der Waals surface area contributed by atoms with Crippen molar-refractivity contribution in [2.75, 3.05) is 13.2 Å². The third kappa shape index (κ3) is 8.41. The zero-order valence-electron chi connectivity index (χ0n) is 19.8. The van der Waals surface area contributed by atoms with Crippen molar-refractivity contribution in [3.63, 3.8) is 0 Å². The van der Waals surface area contributed by atoms with Gasteiger partial charge in [-0.15, -0.1) is 0 Å². The van der Waals surface area contributed by atoms with Crippen LogP contribution < -0.4 is 10.1 Å². The van der Waals surface area contributed by atoms with Crippen molar-refractivity contribution in [3.05, 3.63) is 99.5 Å². The number of rotatable bonds is 12. The number of nitrogens with zero attached hydrogens (tertiary/aromatic N) is 1. The van der Waals surface area contributed by atoms with Gasteiger partial charge in [-0.2, -0.15) is 0 Å². The first kappa shape index (κ1) is 26.8. The van der Waals surface area contributed by atoms with E-state index in [4.69, 9.17) is 16.3 Å². The Labute approximate surface area is 220 Å². The van der Waals surface area contributed by atoms with E-state index in [1.54, 1.807) is 29.2 Å². The van der Waals surface area contributed by atoms with Gasteiger partial charge >= 0.3 is 0 Å². The van der Waals surface area contributed by atoms with Gasteiger partial charge in [-0.05, 0) is 41.8 Å². The van der Waals surface area contributed by atoms with Crippen LogP contribution in [0, 0.1) is 0 Å². The minimum absolute atomic E-state index is 0.177. The fourth-order valence-corrected chi connectivity index (χ4v) is 4.31. The highest BCUT2D eigenvalue weighted by molar-refractivity contribution is 9.10. The molecule has 1 atom stereocenters. The number of carbonyl (C=O) groups is 2. The maximum Gasteiger partial charge on any atom is 0.261 e. The average molecular weight is 558 g/mol. The van der Waals surface area contributed by atoms with Crippen molar-refractivity contribution < 1.29 is 14.3 Å². The maximum absolute atomic E-state index is 13.5. The predicted octanol–water partition coefficient (Wildman–Crippen LogP) is 6.04. The van der Waals surface area contributed by atoms with Crippen LogP contribution in [0.3, 0.4) is 0 Å². The zero-order chi connectivity index (χ0) is 25.0. The number of benzene rings is 3. The number of hydrogen-bond acceptors (Lipinski definition) is 3. The molecule has 0 radical (unpaired) electrons. The molecule has 3 aromatic rings. The van der Waals surface area contributed by atoms with E-state index >= 15 is 0 Å². The number of amides is 2. The SMILES string of the molecule is CCCCNC(=O)[C@H](Cc1ccccc1)N(Cc1cccc(Br)c1)C(=O)COc1ccccc1Cl. The average Bonchev–Trinajstić information content (AvgIpc) is 2.86. The van der Waals surface area contributed by atoms with E-state index in [0.29, 0.717) is 23.7 Å². The summed E-state index contributed by atoms with van der Waals surface area (Å²) < 4.78 is 6.66. The molecule has 0 aromatic heterocycles. The van der Waals surface area contributed by atoms with E-state index in [9.17, 15) is 9.59 Å². The third-order valence-electron chi connectivity index (χ3n) is 5.53. The summed E-state index contributed by atoms with van der Waals surface area (Å²) in [5.41, 5.74) is 1.88. The van der Waals surface area contributed by atoms with E-state index < -0.39 is 6.04 Å². The fourth-order valence-electron chi connectivity index (χ4n) is 3.68. The molecule has 0 aliphatic rings. The number of nitrogens with one attached hydrogen (secondary N) is 1. The Bertz CT molecular complexity index is 1110. The van der Waals surface area contributed by atoms with Gasteiger partial charge in [-0.25, -0.2) is 0 Å². The first-order chi connectivity index (χ1) is 17.0. The van der Waals surface area contributed by atoms with E-state index in [2.05, 4.69) is 28.2 Å². The van der Waals surface area contributed by atoms with Crippen LogP contribution in [0.15, 0.2) is 83.3 Å². The van der Waals surface area contributed by atoms with Crippen LogP contribution in [0.25, 0.3) is 0 Å². The normalized spacial score (nSPS) is 11.5. The molecule has 0 heterocycles. The van der Waals surface area contributed by atoms with Gasteiger partial charge in [-0.1, -0.05) is 95.5 Å². The molecule has 184 valence electrons. The van der Waals surface area contributed by atoms with Crippen LogP contribution >= 0.6 is 27.5 Å². The van der Waals surface area contributed by atoms with Crippen molar-refractivity contribution in [2.45, 2.75) is 38.8 Å². The molecule has 0 unspecified atom stereocenters. The van der Waals surface area contributed by atoms with Crippen molar-refractivity contribution in [2.24, 2.45) is 0 Å². The molecule has 0 aliphatic heterocycles. The lowest BCUT2D eigenvalue weighted by molar-refractivity contribution is -0.142. The molecule has 0 bridgehead atoms. The molecule has 2 amide bonds. The maximum atomic E-state index is 13.5. The second-order valence-corrected chi connectivity index (χ2v) is 9.54. The van der Waals surface area contributed by atoms with E-state index in [-0.39, 0.29) is 25.0 Å². The topological polar surface area (TPSA) is 58.6 Å². The number of ether oxygens (including phenoxy) is 1. The van der Waals surface area contributed by atoms with Crippen LogP contribution in [0.4, 0.5) is 0 Å². The molecule has 3 aromatic carbocycles. The smallest absolute Gasteiger partial charge is 0.261 e. The van der Waals surface area contributed by atoms with Crippen molar-refractivity contribution >= 4 is 39.3 Å². The van der Waals surface area contributed by atoms with Crippen LogP contribution in [0.5, 0.6) is 5.75 Å². The van der Waals surface area contributed by atoms with E-state index in [1.165, 1.54) is 0 Å². The summed E-state index contributed by atoms with van der Waals surface area (Å²) in [7, 11) is 0. The molecular weight excluding hydrogens is 528 g/mol. The van der Waals surface area contributed by atoms with Gasteiger partial charge in [-0.3, -0.25) is 9.59 Å². The van der Waals surface area contributed by atoms with Gasteiger partial charge in [0.25, 0.3) is 5.91 Å². The molecule has 3 rings (SSSR count). The summed E-state index contributed by atoms with van der Waals surface area (Å²) in [6.45, 7) is 2.67. The summed E-state index contributed by atoms with van der Waals surface area (Å²) in [4.78, 5) is 28.5. The quantitative estimate of drug-likeness (QED) is 0.276. The molecule has 7 heteroatoms. The number of carbonyl (C=O) groups excluding carboxylic acids is 2. The van der Waals surface area contributed by atoms with Gasteiger partial charge in [0.05, 0.1) is 5.02 Å². The van der Waals surface area contributed by atoms with Crippen LogP contribution in [-0.4, -0.2) is 35.9 Å². The van der Waals surface area contributed by atoms with Gasteiger partial charge in [0, 0.05) is 24.0 Å². The predicted molar refractivity (Wildman–Crippen MR) is 143 cm³/mol. The van der Waals surface area contributed by atoms with Gasteiger partial charge in [0.2, 0.25) is 5.91 Å². The Morgan fingerprint density at radius 2 is 1.71 bits per heavy atom. The van der Waals surface area contributed by atoms with Crippen molar-refractivity contribution in [1.82, 2.24) is 10.2 Å². The van der Waals surface area contributed by atoms with Gasteiger partial charge in [0.15, 0.2) is 6.61 Å². The molecular formula is C28H30BrClN2O3. The number of halogens is 2. The highest BCUT2D eigenvalue weighted by atomic mass is 79.9. The monoisotopic (exact) mass is 556 g/mol. The third-order valence-corrected chi connectivity index (χ3v) is 6.34. The standard InChI is InChI=1S/C28H30BrClN2O3/c1-2-3-16-31-28(34)25(18-21-10-5-4-6-11-21)32(19-22-12-9-13-23(29)17-22)27(33)20-35-26-15-8-7-14-24(26)30/h4-15,17,25H,2-3,16,18-20H2,1H3,(H,31,34)/t25-/m0/s1. The largest absolute Gasteiger partial charge is 0.482 e. The Kier molecular flexibility index (Phi) is 10.6. The van der Waals surface area contributed by atoms with Crippen LogP contribution in [0.1, 0.15) is 30.9 Å². The summed E-state index contributed by atoms with van der Waals surface area (Å²) in [6.07, 6.45) is 2.24. The summed E-state index contributed by atoms with van der Waals surface area (Å²) in [5, 5.41) is 3.44. The summed E-state index contributed by atoms with van der Waals surface area (Å²) >= 11 is 9.70. The molecule has 0 spiro atoms. The minimum Gasteiger partial charge on any atom is -0.482 e. The fraction of sp³-hybridized carbons (Fsp3) is 0.286. The van der Waals surface area contributed by atoms with Crippen molar-refractivity contribution in [3.8, 4) is 5.75 Å². The van der Waals surface area contributed by atoms with E-state index in [1.807, 2.05) is 54.6 Å². The lowest BCUT2D eigenvalue weighted by Crippen LogP contribution is -2.51. The Balaban J connectivity index is 1.89. The van der Waals surface area contributed by atoms with Gasteiger partial charge < -0.3 is 15.0 Å². The zero-order valence-corrected chi connectivity index (χ0v) is 22.1. The molecule has 0 fully saturated rings. The number of hydrogen-bond donors (Lipinski definition) is 1. The summed E-state index contributed by atoms with van der Waals surface area (Å²) in [5.74, 6) is -0.0446. The molecule has 1 N–H and O–H groups in total.